The number of nitrogens with zero attached hydrogens (tertiary/aromatic N) is 1. The summed E-state index contributed by atoms with van der Waals surface area (Å²) in [7, 11) is 1.84. The lowest BCUT2D eigenvalue weighted by Crippen LogP contribution is -2.35. The van der Waals surface area contributed by atoms with Crippen molar-refractivity contribution < 1.29 is 5.11 Å². The fourth-order valence-electron chi connectivity index (χ4n) is 1.32. The monoisotopic (exact) mass is 259 g/mol. The molecule has 5 heteroatoms. The van der Waals surface area contributed by atoms with E-state index in [4.69, 9.17) is 0 Å². The lowest BCUT2D eigenvalue weighted by Gasteiger charge is -2.21. The summed E-state index contributed by atoms with van der Waals surface area (Å²) in [5, 5.41) is 15.6. The first kappa shape index (κ1) is 16.2. The van der Waals surface area contributed by atoms with Crippen molar-refractivity contribution in [2.24, 2.45) is 0 Å². The highest BCUT2D eigenvalue weighted by Gasteiger charge is 2.11. The van der Waals surface area contributed by atoms with E-state index in [0.717, 1.165) is 17.1 Å². The second kappa shape index (κ2) is 6.79. The highest BCUT2D eigenvalue weighted by molar-refractivity contribution is 5.85. The zero-order chi connectivity index (χ0) is 12.2. The van der Waals surface area contributed by atoms with Crippen LogP contribution < -0.4 is 10.6 Å². The highest BCUT2D eigenvalue weighted by Crippen LogP contribution is 2.12. The van der Waals surface area contributed by atoms with Crippen LogP contribution in [0.4, 0.5) is 5.82 Å². The Morgan fingerprint density at radius 3 is 2.41 bits per heavy atom. The molecular weight excluding hydrogens is 238 g/mol. The van der Waals surface area contributed by atoms with Crippen molar-refractivity contribution in [1.29, 1.82) is 0 Å². The second-order valence-corrected chi connectivity index (χ2v) is 4.81. The van der Waals surface area contributed by atoms with Gasteiger partial charge in [0.2, 0.25) is 0 Å². The minimum Gasteiger partial charge on any atom is -0.392 e. The summed E-state index contributed by atoms with van der Waals surface area (Å²) in [6.07, 6.45) is 0. The van der Waals surface area contributed by atoms with Crippen molar-refractivity contribution in [3.63, 3.8) is 0 Å². The summed E-state index contributed by atoms with van der Waals surface area (Å²) >= 11 is 0. The minimum absolute atomic E-state index is 0. The van der Waals surface area contributed by atoms with Gasteiger partial charge in [0.15, 0.2) is 0 Å². The van der Waals surface area contributed by atoms with E-state index in [2.05, 4.69) is 36.4 Å². The van der Waals surface area contributed by atoms with Gasteiger partial charge in [-0.1, -0.05) is 6.07 Å². The number of anilines is 1. The first-order chi connectivity index (χ1) is 7.46. The summed E-state index contributed by atoms with van der Waals surface area (Å²) < 4.78 is 0. The van der Waals surface area contributed by atoms with Crippen LogP contribution in [0.5, 0.6) is 0 Å². The fourth-order valence-corrected chi connectivity index (χ4v) is 1.32. The molecule has 0 saturated carbocycles. The molecule has 1 aromatic rings. The number of aliphatic hydroxyl groups is 1. The van der Waals surface area contributed by atoms with E-state index in [1.54, 1.807) is 0 Å². The van der Waals surface area contributed by atoms with Gasteiger partial charge >= 0.3 is 0 Å². The Morgan fingerprint density at radius 1 is 1.29 bits per heavy atom. The van der Waals surface area contributed by atoms with Crippen LogP contribution in [0, 0.1) is 0 Å². The maximum absolute atomic E-state index is 9.22. The van der Waals surface area contributed by atoms with Crippen LogP contribution in [0.2, 0.25) is 0 Å². The Labute approximate surface area is 109 Å². The van der Waals surface area contributed by atoms with Crippen LogP contribution in [0.3, 0.4) is 0 Å². The Morgan fingerprint density at radius 2 is 1.94 bits per heavy atom. The molecule has 1 rings (SSSR count). The Balaban J connectivity index is 0.00000256. The molecule has 1 aromatic heterocycles. The Kier molecular flexibility index (Phi) is 6.45. The lowest BCUT2D eigenvalue weighted by molar-refractivity contribution is 0.279. The van der Waals surface area contributed by atoms with Gasteiger partial charge in [0.05, 0.1) is 12.3 Å². The van der Waals surface area contributed by atoms with Crippen LogP contribution in [-0.2, 0) is 13.2 Å². The molecule has 0 aliphatic carbocycles. The number of nitrogens with one attached hydrogen (secondary N) is 2. The molecule has 0 saturated heterocycles. The van der Waals surface area contributed by atoms with Gasteiger partial charge in [-0.3, -0.25) is 0 Å². The molecule has 0 radical (unpaired) electrons. The van der Waals surface area contributed by atoms with Crippen LogP contribution in [0.1, 0.15) is 32.0 Å². The predicted octanol–water partition coefficient (Wildman–Crippen LogP) is 1.93. The molecule has 4 nitrogen and oxygen atoms in total. The lowest BCUT2D eigenvalue weighted by atomic mass is 10.1. The number of hydrogen-bond donors (Lipinski definition) is 3. The third kappa shape index (κ3) is 5.35. The first-order valence-corrected chi connectivity index (χ1v) is 5.48. The summed E-state index contributed by atoms with van der Waals surface area (Å²) in [4.78, 5) is 4.43. The van der Waals surface area contributed by atoms with Gasteiger partial charge in [0, 0.05) is 24.7 Å². The van der Waals surface area contributed by atoms with E-state index >= 15 is 0 Å². The first-order valence-electron chi connectivity index (χ1n) is 5.48. The third-order valence-electron chi connectivity index (χ3n) is 2.28. The van der Waals surface area contributed by atoms with Gasteiger partial charge < -0.3 is 15.7 Å². The minimum atomic E-state index is 0. The number of pyridine rings is 1. The maximum Gasteiger partial charge on any atom is 0.126 e. The molecule has 0 aliphatic rings. The van der Waals surface area contributed by atoms with Crippen molar-refractivity contribution >= 4 is 18.2 Å². The average Bonchev–Trinajstić information content (AvgIpc) is 2.25. The summed E-state index contributed by atoms with van der Waals surface area (Å²) in [5.41, 5.74) is 1.81. The molecule has 0 bridgehead atoms. The maximum atomic E-state index is 9.22. The highest BCUT2D eigenvalue weighted by atomic mass is 35.5. The zero-order valence-corrected chi connectivity index (χ0v) is 11.7. The molecule has 0 fully saturated rings. The van der Waals surface area contributed by atoms with Crippen molar-refractivity contribution in [2.45, 2.75) is 39.5 Å². The molecule has 0 spiro atoms. The van der Waals surface area contributed by atoms with Gasteiger partial charge in [-0.05, 0) is 26.8 Å². The summed E-state index contributed by atoms with van der Waals surface area (Å²) in [5.74, 6) is 0.822. The molecule has 17 heavy (non-hydrogen) atoms. The van der Waals surface area contributed by atoms with E-state index in [9.17, 15) is 5.11 Å². The van der Waals surface area contributed by atoms with Gasteiger partial charge in [0.1, 0.15) is 5.82 Å². The average molecular weight is 260 g/mol. The molecule has 0 aromatic carbocycles. The smallest absolute Gasteiger partial charge is 0.126 e. The molecule has 1 heterocycles. The number of hydrogen-bond acceptors (Lipinski definition) is 4. The van der Waals surface area contributed by atoms with E-state index in [1.165, 1.54) is 0 Å². The van der Waals surface area contributed by atoms with Gasteiger partial charge in [-0.15, -0.1) is 12.4 Å². The quantitative estimate of drug-likeness (QED) is 0.773. The number of aromatic nitrogens is 1. The molecule has 98 valence electrons. The summed E-state index contributed by atoms with van der Waals surface area (Å²) in [6.45, 7) is 7.00. The van der Waals surface area contributed by atoms with Crippen molar-refractivity contribution in [3.05, 3.63) is 23.4 Å². The number of aliphatic hydroxyl groups excluding tert-OH is 1. The van der Waals surface area contributed by atoms with E-state index in [-0.39, 0.29) is 24.6 Å². The van der Waals surface area contributed by atoms with Crippen LogP contribution >= 0.6 is 12.4 Å². The standard InChI is InChI=1S/C12H21N3O.ClH/c1-12(2,3)14-7-10-9(8-16)5-6-11(13-4)15-10;/h5-6,14,16H,7-8H2,1-4H3,(H,13,15);1H. The van der Waals surface area contributed by atoms with Gasteiger partial charge in [0.25, 0.3) is 0 Å². The topological polar surface area (TPSA) is 57.2 Å². The van der Waals surface area contributed by atoms with Crippen LogP contribution in [0.25, 0.3) is 0 Å². The van der Waals surface area contributed by atoms with Crippen LogP contribution in [-0.4, -0.2) is 22.7 Å². The van der Waals surface area contributed by atoms with Crippen LogP contribution in [0.15, 0.2) is 12.1 Å². The third-order valence-corrected chi connectivity index (χ3v) is 2.28. The van der Waals surface area contributed by atoms with E-state index in [0.29, 0.717) is 6.54 Å². The number of rotatable bonds is 4. The largest absolute Gasteiger partial charge is 0.392 e. The van der Waals surface area contributed by atoms with Gasteiger partial charge in [-0.25, -0.2) is 4.98 Å². The summed E-state index contributed by atoms with van der Waals surface area (Å²) in [6, 6.07) is 3.77. The zero-order valence-electron chi connectivity index (χ0n) is 10.9. The second-order valence-electron chi connectivity index (χ2n) is 4.81. The molecule has 3 N–H and O–H groups in total. The van der Waals surface area contributed by atoms with Crippen molar-refractivity contribution in [3.8, 4) is 0 Å². The van der Waals surface area contributed by atoms with Gasteiger partial charge in [-0.2, -0.15) is 0 Å². The molecule has 0 atom stereocenters. The van der Waals surface area contributed by atoms with E-state index < -0.39 is 0 Å². The molecule has 0 amide bonds. The number of halogens is 1. The van der Waals surface area contributed by atoms with Crippen molar-refractivity contribution in [2.75, 3.05) is 12.4 Å². The SMILES string of the molecule is CNc1ccc(CO)c(CNC(C)(C)C)n1.Cl. The van der Waals surface area contributed by atoms with Crippen molar-refractivity contribution in [1.82, 2.24) is 10.3 Å². The normalized spacial score (nSPS) is 10.9. The predicted molar refractivity (Wildman–Crippen MR) is 73.5 cm³/mol. The molecule has 0 aliphatic heterocycles. The van der Waals surface area contributed by atoms with E-state index in [1.807, 2.05) is 19.2 Å². The Bertz CT molecular complexity index is 350. The molecular formula is C12H22ClN3O. The molecule has 0 unspecified atom stereocenters. The fraction of sp³-hybridized carbons (Fsp3) is 0.583. The Hall–Kier alpha value is -0.840.